The summed E-state index contributed by atoms with van der Waals surface area (Å²) in [5.74, 6) is -0.508. The Labute approximate surface area is 189 Å². The van der Waals surface area contributed by atoms with Gasteiger partial charge in [0.05, 0.1) is 19.8 Å². The quantitative estimate of drug-likeness (QED) is 0.628. The van der Waals surface area contributed by atoms with Crippen LogP contribution in [0.4, 0.5) is 4.79 Å². The topological polar surface area (TPSA) is 73.9 Å². The fourth-order valence-corrected chi connectivity index (χ4v) is 3.14. The molecule has 170 valence electrons. The van der Waals surface area contributed by atoms with Gasteiger partial charge in [0, 0.05) is 11.1 Å². The van der Waals surface area contributed by atoms with E-state index >= 15 is 0 Å². The lowest BCUT2D eigenvalue weighted by Gasteiger charge is -2.42. The second-order valence-corrected chi connectivity index (χ2v) is 8.90. The highest BCUT2D eigenvalue weighted by Gasteiger charge is 2.40. The molecule has 6 nitrogen and oxygen atoms in total. The van der Waals surface area contributed by atoms with Crippen LogP contribution in [-0.2, 0) is 14.2 Å². The Hall–Kier alpha value is -2.96. The monoisotopic (exact) mass is 437 g/mol. The lowest BCUT2D eigenvalue weighted by Crippen LogP contribution is -2.60. The zero-order valence-electron chi connectivity index (χ0n) is 19.1. The Morgan fingerprint density at radius 1 is 1.00 bits per heavy atom. The number of alkyl carbamates (subject to hydrolysis) is 1. The van der Waals surface area contributed by atoms with Gasteiger partial charge in [-0.05, 0) is 25.3 Å². The Balaban J connectivity index is 1.73. The van der Waals surface area contributed by atoms with E-state index in [2.05, 4.69) is 5.32 Å². The zero-order chi connectivity index (χ0) is 23.2. The molecule has 0 unspecified atom stereocenters. The third-order valence-electron chi connectivity index (χ3n) is 5.06. The van der Waals surface area contributed by atoms with Crippen molar-refractivity contribution in [2.75, 3.05) is 19.8 Å². The zero-order valence-corrected chi connectivity index (χ0v) is 19.1. The lowest BCUT2D eigenvalue weighted by atomic mass is 9.97. The number of carbonyl (C=O) groups excluding carboxylic acids is 2. The summed E-state index contributed by atoms with van der Waals surface area (Å²) in [5, 5.41) is 2.89. The van der Waals surface area contributed by atoms with Crippen molar-refractivity contribution in [3.05, 3.63) is 77.4 Å². The smallest absolute Gasteiger partial charge is 0.407 e. The van der Waals surface area contributed by atoms with Crippen molar-refractivity contribution in [3.8, 4) is 0 Å². The maximum Gasteiger partial charge on any atom is 0.407 e. The number of amides is 1. The van der Waals surface area contributed by atoms with Crippen LogP contribution in [0.3, 0.4) is 0 Å². The second-order valence-electron chi connectivity index (χ2n) is 8.90. The highest BCUT2D eigenvalue weighted by Crippen LogP contribution is 2.25. The lowest BCUT2D eigenvalue weighted by molar-refractivity contribution is -0.263. The van der Waals surface area contributed by atoms with Gasteiger partial charge in [-0.3, -0.25) is 4.79 Å². The number of carbonyl (C=O) groups is 2. The van der Waals surface area contributed by atoms with Crippen LogP contribution in [0.25, 0.3) is 6.08 Å². The third-order valence-corrected chi connectivity index (χ3v) is 5.06. The molecule has 2 aromatic rings. The summed E-state index contributed by atoms with van der Waals surface area (Å²) in [6.07, 6.45) is 3.22. The van der Waals surface area contributed by atoms with Crippen molar-refractivity contribution >= 4 is 18.0 Å². The van der Waals surface area contributed by atoms with E-state index in [-0.39, 0.29) is 24.9 Å². The van der Waals surface area contributed by atoms with Gasteiger partial charge in [0.1, 0.15) is 5.54 Å². The van der Waals surface area contributed by atoms with Gasteiger partial charge in [-0.25, -0.2) is 4.79 Å². The average Bonchev–Trinajstić information content (AvgIpc) is 2.79. The number of ketones is 1. The van der Waals surface area contributed by atoms with Crippen molar-refractivity contribution in [1.82, 2.24) is 5.32 Å². The van der Waals surface area contributed by atoms with Gasteiger partial charge in [-0.1, -0.05) is 80.6 Å². The van der Waals surface area contributed by atoms with Gasteiger partial charge in [0.15, 0.2) is 11.6 Å². The minimum absolute atomic E-state index is 0.0246. The Morgan fingerprint density at radius 2 is 1.59 bits per heavy atom. The fourth-order valence-electron chi connectivity index (χ4n) is 3.14. The van der Waals surface area contributed by atoms with Crippen LogP contribution in [0.5, 0.6) is 0 Å². The van der Waals surface area contributed by atoms with Crippen molar-refractivity contribution in [2.45, 2.75) is 39.0 Å². The molecule has 1 heterocycles. The molecule has 32 heavy (non-hydrogen) atoms. The molecular formula is C26H31NO5. The summed E-state index contributed by atoms with van der Waals surface area (Å²) in [6, 6.07) is 16.5. The molecule has 3 rings (SSSR count). The van der Waals surface area contributed by atoms with E-state index in [1.165, 1.54) is 0 Å². The van der Waals surface area contributed by atoms with Crippen LogP contribution in [0.15, 0.2) is 60.7 Å². The molecule has 1 aliphatic heterocycles. The predicted molar refractivity (Wildman–Crippen MR) is 123 cm³/mol. The van der Waals surface area contributed by atoms with E-state index in [1.807, 2.05) is 70.2 Å². The highest BCUT2D eigenvalue weighted by molar-refractivity contribution is 6.09. The van der Waals surface area contributed by atoms with Crippen LogP contribution in [0, 0.1) is 5.92 Å². The molecule has 0 atom stereocenters. The SMILES string of the molecule is CC(C)COC(=O)NC1(/C=C/c2ccc(C(=O)c3ccccc3)cc2)COC(C)(C)OC1. The summed E-state index contributed by atoms with van der Waals surface area (Å²) in [7, 11) is 0. The van der Waals surface area contributed by atoms with Crippen molar-refractivity contribution in [2.24, 2.45) is 5.92 Å². The molecule has 1 fully saturated rings. The first-order chi connectivity index (χ1) is 15.2. The Kier molecular flexibility index (Phi) is 7.48. The Morgan fingerprint density at radius 3 is 2.19 bits per heavy atom. The number of benzene rings is 2. The molecule has 1 N–H and O–H groups in total. The van der Waals surface area contributed by atoms with Gasteiger partial charge in [0.25, 0.3) is 0 Å². The second kappa shape index (κ2) is 10.1. The van der Waals surface area contributed by atoms with Gasteiger partial charge in [-0.2, -0.15) is 0 Å². The van der Waals surface area contributed by atoms with E-state index in [1.54, 1.807) is 24.3 Å². The standard InChI is InChI=1S/C26H31NO5/c1-19(2)16-30-24(29)27-26(17-31-25(3,4)32-18-26)15-14-20-10-12-22(13-11-20)23(28)21-8-6-5-7-9-21/h5-15,19H,16-18H2,1-4H3,(H,27,29)/b15-14+. The predicted octanol–water partition coefficient (Wildman–Crippen LogP) is 4.83. The minimum atomic E-state index is -0.859. The molecule has 0 radical (unpaired) electrons. The molecule has 0 aromatic heterocycles. The third kappa shape index (κ3) is 6.52. The molecule has 0 bridgehead atoms. The first kappa shape index (κ1) is 23.7. The summed E-state index contributed by atoms with van der Waals surface area (Å²) < 4.78 is 16.9. The Bertz CT molecular complexity index is 938. The van der Waals surface area contributed by atoms with Crippen LogP contribution in [0.2, 0.25) is 0 Å². The molecule has 0 saturated carbocycles. The molecule has 1 saturated heterocycles. The minimum Gasteiger partial charge on any atom is -0.449 e. The highest BCUT2D eigenvalue weighted by atomic mass is 16.7. The summed E-state index contributed by atoms with van der Waals surface area (Å²) >= 11 is 0. The molecule has 1 aliphatic rings. The summed E-state index contributed by atoms with van der Waals surface area (Å²) in [5.41, 5.74) is 1.29. The number of nitrogens with one attached hydrogen (secondary N) is 1. The molecule has 6 heteroatoms. The summed E-state index contributed by atoms with van der Waals surface area (Å²) in [6.45, 7) is 8.45. The molecule has 2 aromatic carbocycles. The van der Waals surface area contributed by atoms with Gasteiger partial charge >= 0.3 is 6.09 Å². The van der Waals surface area contributed by atoms with Crippen LogP contribution in [0.1, 0.15) is 49.2 Å². The average molecular weight is 438 g/mol. The molecular weight excluding hydrogens is 406 g/mol. The largest absolute Gasteiger partial charge is 0.449 e. The normalized spacial score (nSPS) is 17.3. The van der Waals surface area contributed by atoms with E-state index in [0.29, 0.717) is 17.7 Å². The summed E-state index contributed by atoms with van der Waals surface area (Å²) in [4.78, 5) is 24.9. The van der Waals surface area contributed by atoms with E-state index in [0.717, 1.165) is 5.56 Å². The maximum absolute atomic E-state index is 12.6. The molecule has 1 amide bonds. The van der Waals surface area contributed by atoms with E-state index < -0.39 is 17.4 Å². The van der Waals surface area contributed by atoms with Crippen molar-refractivity contribution in [3.63, 3.8) is 0 Å². The van der Waals surface area contributed by atoms with Gasteiger partial charge < -0.3 is 19.5 Å². The molecule has 0 aliphatic carbocycles. The van der Waals surface area contributed by atoms with Crippen molar-refractivity contribution < 1.29 is 23.8 Å². The fraction of sp³-hybridized carbons (Fsp3) is 0.385. The van der Waals surface area contributed by atoms with E-state index in [4.69, 9.17) is 14.2 Å². The number of rotatable bonds is 7. The first-order valence-corrected chi connectivity index (χ1v) is 10.8. The van der Waals surface area contributed by atoms with E-state index in [9.17, 15) is 9.59 Å². The van der Waals surface area contributed by atoms with Crippen LogP contribution >= 0.6 is 0 Å². The van der Waals surface area contributed by atoms with Gasteiger partial charge in [0.2, 0.25) is 0 Å². The molecule has 0 spiro atoms. The number of hydrogen-bond donors (Lipinski definition) is 1. The first-order valence-electron chi connectivity index (χ1n) is 10.8. The van der Waals surface area contributed by atoms with Crippen LogP contribution in [-0.4, -0.2) is 43.0 Å². The van der Waals surface area contributed by atoms with Gasteiger partial charge in [-0.15, -0.1) is 0 Å². The van der Waals surface area contributed by atoms with Crippen LogP contribution < -0.4 is 5.32 Å². The van der Waals surface area contributed by atoms with Crippen molar-refractivity contribution in [1.29, 1.82) is 0 Å². The number of hydrogen-bond acceptors (Lipinski definition) is 5. The maximum atomic E-state index is 12.6. The number of ether oxygens (including phenoxy) is 3.